The molecule has 3 unspecified atom stereocenters. The van der Waals surface area contributed by atoms with Crippen molar-refractivity contribution in [3.8, 4) is 0 Å². The van der Waals surface area contributed by atoms with E-state index in [1.807, 2.05) is 4.57 Å². The zero-order chi connectivity index (χ0) is 13.3. The molecule has 1 aromatic heterocycles. The van der Waals surface area contributed by atoms with Gasteiger partial charge in [0.2, 0.25) is 0 Å². The minimum absolute atomic E-state index is 0.152. The van der Waals surface area contributed by atoms with Crippen LogP contribution < -0.4 is 0 Å². The molecule has 5 heteroatoms. The standard InChI is InChI=1S/C14H22N2O3/c1-2-16-10-15-8-12(16)13(17)11-3-5-19-14(7-11)4-6-18-9-14/h8,10-11,13,17H,2-7,9H2,1H3. The predicted octanol–water partition coefficient (Wildman–Crippen LogP) is 1.52. The lowest BCUT2D eigenvalue weighted by atomic mass is 9.81. The maximum Gasteiger partial charge on any atom is 0.0985 e. The highest BCUT2D eigenvalue weighted by Gasteiger charge is 2.43. The van der Waals surface area contributed by atoms with Gasteiger partial charge in [0.05, 0.1) is 36.5 Å². The molecule has 1 N–H and O–H groups in total. The van der Waals surface area contributed by atoms with Crippen LogP contribution in [0.4, 0.5) is 0 Å². The largest absolute Gasteiger partial charge is 0.387 e. The van der Waals surface area contributed by atoms with Crippen molar-refractivity contribution in [3.05, 3.63) is 18.2 Å². The van der Waals surface area contributed by atoms with Crippen LogP contribution in [0.5, 0.6) is 0 Å². The Hall–Kier alpha value is -0.910. The van der Waals surface area contributed by atoms with Gasteiger partial charge in [0.25, 0.3) is 0 Å². The fourth-order valence-corrected chi connectivity index (χ4v) is 3.28. The Morgan fingerprint density at radius 2 is 2.47 bits per heavy atom. The van der Waals surface area contributed by atoms with Crippen molar-refractivity contribution in [1.82, 2.24) is 9.55 Å². The first kappa shape index (κ1) is 13.1. The lowest BCUT2D eigenvalue weighted by molar-refractivity contribution is -0.118. The molecule has 1 aromatic rings. The van der Waals surface area contributed by atoms with Crippen molar-refractivity contribution in [2.45, 2.75) is 44.4 Å². The summed E-state index contributed by atoms with van der Waals surface area (Å²) < 4.78 is 13.4. The molecule has 0 bridgehead atoms. The number of aliphatic hydroxyl groups is 1. The molecule has 3 rings (SSSR count). The average Bonchev–Trinajstić information content (AvgIpc) is 3.07. The van der Waals surface area contributed by atoms with E-state index in [0.29, 0.717) is 13.2 Å². The van der Waals surface area contributed by atoms with E-state index in [1.54, 1.807) is 12.5 Å². The molecule has 2 fully saturated rings. The van der Waals surface area contributed by atoms with E-state index in [-0.39, 0.29) is 11.5 Å². The Balaban J connectivity index is 1.74. The number of hydrogen-bond acceptors (Lipinski definition) is 4. The molecule has 19 heavy (non-hydrogen) atoms. The lowest BCUT2D eigenvalue weighted by Crippen LogP contribution is -2.42. The van der Waals surface area contributed by atoms with Gasteiger partial charge in [-0.2, -0.15) is 0 Å². The van der Waals surface area contributed by atoms with E-state index in [9.17, 15) is 5.11 Å². The van der Waals surface area contributed by atoms with E-state index >= 15 is 0 Å². The van der Waals surface area contributed by atoms with E-state index < -0.39 is 6.10 Å². The SMILES string of the molecule is CCn1cncc1C(O)C1CCOC2(CCOC2)C1. The number of ether oxygens (including phenoxy) is 2. The van der Waals surface area contributed by atoms with Gasteiger partial charge in [0, 0.05) is 26.2 Å². The zero-order valence-electron chi connectivity index (χ0n) is 11.4. The molecule has 3 heterocycles. The molecule has 3 atom stereocenters. The summed E-state index contributed by atoms with van der Waals surface area (Å²) in [6, 6.07) is 0. The minimum atomic E-state index is -0.455. The third-order valence-corrected chi connectivity index (χ3v) is 4.43. The molecule has 1 spiro atoms. The first-order chi connectivity index (χ1) is 9.24. The second kappa shape index (κ2) is 5.23. The average molecular weight is 266 g/mol. The topological polar surface area (TPSA) is 56.5 Å². The van der Waals surface area contributed by atoms with Gasteiger partial charge in [0.15, 0.2) is 0 Å². The molecule has 2 aliphatic rings. The van der Waals surface area contributed by atoms with Gasteiger partial charge in [-0.3, -0.25) is 0 Å². The normalized spacial score (nSPS) is 32.8. The number of aliphatic hydroxyl groups excluding tert-OH is 1. The van der Waals surface area contributed by atoms with Crippen molar-refractivity contribution in [1.29, 1.82) is 0 Å². The molecular weight excluding hydrogens is 244 g/mol. The molecule has 0 radical (unpaired) electrons. The molecule has 0 aromatic carbocycles. The predicted molar refractivity (Wildman–Crippen MR) is 69.7 cm³/mol. The molecular formula is C14H22N2O3. The van der Waals surface area contributed by atoms with Crippen molar-refractivity contribution in [2.24, 2.45) is 5.92 Å². The van der Waals surface area contributed by atoms with Crippen LogP contribution in [0.2, 0.25) is 0 Å². The Bertz CT molecular complexity index is 426. The third-order valence-electron chi connectivity index (χ3n) is 4.43. The molecule has 2 saturated heterocycles. The summed E-state index contributed by atoms with van der Waals surface area (Å²) in [6.45, 7) is 5.06. The quantitative estimate of drug-likeness (QED) is 0.901. The van der Waals surface area contributed by atoms with Crippen molar-refractivity contribution < 1.29 is 14.6 Å². The number of aryl methyl sites for hydroxylation is 1. The van der Waals surface area contributed by atoms with Crippen molar-refractivity contribution in [2.75, 3.05) is 19.8 Å². The van der Waals surface area contributed by atoms with Crippen molar-refractivity contribution in [3.63, 3.8) is 0 Å². The monoisotopic (exact) mass is 266 g/mol. The molecule has 5 nitrogen and oxygen atoms in total. The molecule has 0 aliphatic carbocycles. The highest BCUT2D eigenvalue weighted by atomic mass is 16.6. The van der Waals surface area contributed by atoms with E-state index in [0.717, 1.165) is 38.1 Å². The van der Waals surface area contributed by atoms with E-state index in [2.05, 4.69) is 11.9 Å². The number of nitrogens with zero attached hydrogens (tertiary/aromatic N) is 2. The highest BCUT2D eigenvalue weighted by molar-refractivity contribution is 5.06. The Kier molecular flexibility index (Phi) is 3.60. The second-order valence-electron chi connectivity index (χ2n) is 5.64. The Labute approximate surface area is 113 Å². The smallest absolute Gasteiger partial charge is 0.0985 e. The fourth-order valence-electron chi connectivity index (χ4n) is 3.28. The van der Waals surface area contributed by atoms with Crippen LogP contribution >= 0.6 is 0 Å². The number of hydrogen-bond donors (Lipinski definition) is 1. The summed E-state index contributed by atoms with van der Waals surface area (Å²) in [7, 11) is 0. The maximum absolute atomic E-state index is 10.6. The fraction of sp³-hybridized carbons (Fsp3) is 0.786. The summed E-state index contributed by atoms with van der Waals surface area (Å²) in [5.74, 6) is 0.234. The number of rotatable bonds is 3. The van der Waals surface area contributed by atoms with Crippen LogP contribution in [0.3, 0.4) is 0 Å². The third kappa shape index (κ3) is 2.42. The van der Waals surface area contributed by atoms with Crippen LogP contribution in [-0.2, 0) is 16.0 Å². The van der Waals surface area contributed by atoms with Crippen LogP contribution in [-0.4, -0.2) is 40.1 Å². The van der Waals surface area contributed by atoms with Gasteiger partial charge in [0.1, 0.15) is 0 Å². The summed E-state index contributed by atoms with van der Waals surface area (Å²) in [5, 5.41) is 10.6. The molecule has 2 aliphatic heterocycles. The molecule has 0 amide bonds. The molecule has 106 valence electrons. The number of aromatic nitrogens is 2. The van der Waals surface area contributed by atoms with Crippen LogP contribution in [0, 0.1) is 5.92 Å². The van der Waals surface area contributed by atoms with Crippen LogP contribution in [0.1, 0.15) is 38.0 Å². The van der Waals surface area contributed by atoms with Crippen molar-refractivity contribution >= 4 is 0 Å². The molecule has 0 saturated carbocycles. The Morgan fingerprint density at radius 1 is 1.58 bits per heavy atom. The van der Waals surface area contributed by atoms with Gasteiger partial charge in [-0.25, -0.2) is 4.98 Å². The van der Waals surface area contributed by atoms with Gasteiger partial charge in [-0.15, -0.1) is 0 Å². The summed E-state index contributed by atoms with van der Waals surface area (Å²) in [5.41, 5.74) is 0.768. The van der Waals surface area contributed by atoms with E-state index in [1.165, 1.54) is 0 Å². The second-order valence-corrected chi connectivity index (χ2v) is 5.64. The Morgan fingerprint density at radius 3 is 3.21 bits per heavy atom. The van der Waals surface area contributed by atoms with Crippen LogP contribution in [0.25, 0.3) is 0 Å². The first-order valence-electron chi connectivity index (χ1n) is 7.14. The summed E-state index contributed by atoms with van der Waals surface area (Å²) in [6.07, 6.45) is 5.83. The van der Waals surface area contributed by atoms with Gasteiger partial charge in [-0.05, 0) is 25.7 Å². The first-order valence-corrected chi connectivity index (χ1v) is 7.14. The maximum atomic E-state index is 10.6. The van der Waals surface area contributed by atoms with Crippen LogP contribution in [0.15, 0.2) is 12.5 Å². The van der Waals surface area contributed by atoms with Gasteiger partial charge >= 0.3 is 0 Å². The van der Waals surface area contributed by atoms with Gasteiger partial charge in [-0.1, -0.05) is 0 Å². The van der Waals surface area contributed by atoms with Gasteiger partial charge < -0.3 is 19.1 Å². The summed E-state index contributed by atoms with van der Waals surface area (Å²) >= 11 is 0. The van der Waals surface area contributed by atoms with E-state index in [4.69, 9.17) is 9.47 Å². The minimum Gasteiger partial charge on any atom is -0.387 e. The highest BCUT2D eigenvalue weighted by Crippen LogP contribution is 2.40. The zero-order valence-corrected chi connectivity index (χ0v) is 11.4. The summed E-state index contributed by atoms with van der Waals surface area (Å²) in [4.78, 5) is 4.14. The lowest BCUT2D eigenvalue weighted by Gasteiger charge is -2.39. The number of imidazole rings is 1.